The second kappa shape index (κ2) is 8.94. The third kappa shape index (κ3) is 5.62. The molecule has 0 aromatic heterocycles. The Bertz CT molecular complexity index is 354. The van der Waals surface area contributed by atoms with Crippen molar-refractivity contribution in [2.75, 3.05) is 18.4 Å². The predicted molar refractivity (Wildman–Crippen MR) is 82.3 cm³/mol. The van der Waals surface area contributed by atoms with E-state index >= 15 is 0 Å². The van der Waals surface area contributed by atoms with Crippen LogP contribution in [0.2, 0.25) is 0 Å². The number of nitrogens with two attached hydrogens (primary N) is 1. The quantitative estimate of drug-likeness (QED) is 0.641. The van der Waals surface area contributed by atoms with Gasteiger partial charge in [0.15, 0.2) is 0 Å². The van der Waals surface area contributed by atoms with Crippen molar-refractivity contribution in [1.82, 2.24) is 0 Å². The lowest BCUT2D eigenvalue weighted by molar-refractivity contribution is 0.170. The lowest BCUT2D eigenvalue weighted by Crippen LogP contribution is -2.13. The molecule has 0 amide bonds. The smallest absolute Gasteiger partial charge is 0.0802 e. The average molecular weight is 264 g/mol. The van der Waals surface area contributed by atoms with Crippen molar-refractivity contribution in [3.05, 3.63) is 29.8 Å². The van der Waals surface area contributed by atoms with Crippen LogP contribution in [0.1, 0.15) is 51.2 Å². The molecular weight excluding hydrogens is 236 g/mol. The first kappa shape index (κ1) is 16.0. The highest BCUT2D eigenvalue weighted by atomic mass is 16.3. The van der Waals surface area contributed by atoms with Gasteiger partial charge >= 0.3 is 0 Å². The topological polar surface area (TPSA) is 58.3 Å². The predicted octanol–water partition coefficient (Wildman–Crippen LogP) is 3.31. The molecular formula is C16H28N2O. The normalized spacial score (nSPS) is 14.1. The van der Waals surface area contributed by atoms with Gasteiger partial charge in [0.2, 0.25) is 0 Å². The van der Waals surface area contributed by atoms with E-state index in [0.717, 1.165) is 23.7 Å². The Morgan fingerprint density at radius 1 is 1.26 bits per heavy atom. The molecule has 0 aliphatic carbocycles. The summed E-state index contributed by atoms with van der Waals surface area (Å²) in [6, 6.07) is 8.02. The van der Waals surface area contributed by atoms with Crippen molar-refractivity contribution in [3.8, 4) is 0 Å². The van der Waals surface area contributed by atoms with Gasteiger partial charge in [-0.15, -0.1) is 0 Å². The van der Waals surface area contributed by atoms with Crippen molar-refractivity contribution in [2.45, 2.75) is 45.6 Å². The maximum Gasteiger partial charge on any atom is 0.0802 e. The summed E-state index contributed by atoms with van der Waals surface area (Å²) in [6.45, 7) is 5.98. The maximum atomic E-state index is 9.94. The number of hydrogen-bond acceptors (Lipinski definition) is 3. The minimum absolute atomic E-state index is 0.454. The molecule has 1 rings (SSSR count). The molecule has 2 atom stereocenters. The molecule has 0 aliphatic heterocycles. The van der Waals surface area contributed by atoms with Crippen LogP contribution in [0.15, 0.2) is 24.3 Å². The van der Waals surface area contributed by atoms with Crippen LogP contribution in [0.3, 0.4) is 0 Å². The molecule has 4 N–H and O–H groups in total. The molecule has 2 unspecified atom stereocenters. The zero-order valence-corrected chi connectivity index (χ0v) is 12.2. The van der Waals surface area contributed by atoms with Crippen LogP contribution in [0.4, 0.5) is 5.69 Å². The van der Waals surface area contributed by atoms with Gasteiger partial charge in [0.25, 0.3) is 0 Å². The Morgan fingerprint density at radius 3 is 2.68 bits per heavy atom. The maximum absolute atomic E-state index is 9.94. The third-order valence-electron chi connectivity index (χ3n) is 3.58. The minimum atomic E-state index is -0.454. The molecule has 3 nitrogen and oxygen atoms in total. The van der Waals surface area contributed by atoms with Gasteiger partial charge in [-0.1, -0.05) is 38.8 Å². The number of aliphatic hydroxyl groups is 1. The lowest BCUT2D eigenvalue weighted by atomic mass is 10.0. The van der Waals surface area contributed by atoms with Gasteiger partial charge in [-0.2, -0.15) is 0 Å². The standard InChI is InChI=1S/C16H28N2O/c1-3-6-13(4-2)12-18-15-8-5-7-14(11-15)16(19)9-10-17/h5,7-8,11,13,16,18-19H,3-4,6,9-10,12,17H2,1-2H3. The van der Waals surface area contributed by atoms with E-state index < -0.39 is 6.10 Å². The molecule has 0 saturated carbocycles. The molecule has 1 aromatic carbocycles. The number of nitrogens with one attached hydrogen (secondary N) is 1. The van der Waals surface area contributed by atoms with E-state index in [1.54, 1.807) is 0 Å². The highest BCUT2D eigenvalue weighted by Gasteiger charge is 2.08. The van der Waals surface area contributed by atoms with E-state index in [1.807, 2.05) is 18.2 Å². The fraction of sp³-hybridized carbons (Fsp3) is 0.625. The largest absolute Gasteiger partial charge is 0.388 e. The summed E-state index contributed by atoms with van der Waals surface area (Å²) in [5.74, 6) is 0.725. The Labute approximate surface area is 117 Å². The molecule has 0 spiro atoms. The van der Waals surface area contributed by atoms with E-state index in [-0.39, 0.29) is 0 Å². The van der Waals surface area contributed by atoms with Crippen molar-refractivity contribution >= 4 is 5.69 Å². The molecule has 0 fully saturated rings. The first-order chi connectivity index (χ1) is 9.21. The van der Waals surface area contributed by atoms with Gasteiger partial charge in [-0.25, -0.2) is 0 Å². The number of anilines is 1. The molecule has 0 saturated heterocycles. The highest BCUT2D eigenvalue weighted by molar-refractivity contribution is 5.46. The van der Waals surface area contributed by atoms with Gasteiger partial charge in [-0.05, 0) is 43.0 Å². The van der Waals surface area contributed by atoms with Crippen LogP contribution in [0.5, 0.6) is 0 Å². The number of hydrogen-bond donors (Lipinski definition) is 3. The summed E-state index contributed by atoms with van der Waals surface area (Å²) in [5.41, 5.74) is 7.51. The summed E-state index contributed by atoms with van der Waals surface area (Å²) in [7, 11) is 0. The monoisotopic (exact) mass is 264 g/mol. The van der Waals surface area contributed by atoms with Crippen LogP contribution in [-0.2, 0) is 0 Å². The Morgan fingerprint density at radius 2 is 2.05 bits per heavy atom. The van der Waals surface area contributed by atoms with Crippen molar-refractivity contribution < 1.29 is 5.11 Å². The number of benzene rings is 1. The summed E-state index contributed by atoms with van der Waals surface area (Å²) < 4.78 is 0. The van der Waals surface area contributed by atoms with Gasteiger partial charge in [0.1, 0.15) is 0 Å². The Balaban J connectivity index is 2.56. The van der Waals surface area contributed by atoms with Crippen LogP contribution in [-0.4, -0.2) is 18.2 Å². The van der Waals surface area contributed by atoms with E-state index in [4.69, 9.17) is 5.73 Å². The number of aliphatic hydroxyl groups excluding tert-OH is 1. The molecule has 0 heterocycles. The molecule has 108 valence electrons. The summed E-state index contributed by atoms with van der Waals surface area (Å²) >= 11 is 0. The first-order valence-corrected chi connectivity index (χ1v) is 7.43. The van der Waals surface area contributed by atoms with Gasteiger partial charge in [-0.3, -0.25) is 0 Å². The molecule has 3 heteroatoms. The summed E-state index contributed by atoms with van der Waals surface area (Å²) in [4.78, 5) is 0. The van der Waals surface area contributed by atoms with Gasteiger partial charge in [0, 0.05) is 12.2 Å². The molecule has 0 bridgehead atoms. The van der Waals surface area contributed by atoms with Gasteiger partial charge in [0.05, 0.1) is 6.10 Å². The van der Waals surface area contributed by atoms with Crippen LogP contribution in [0.25, 0.3) is 0 Å². The highest BCUT2D eigenvalue weighted by Crippen LogP contribution is 2.20. The average Bonchev–Trinajstić information content (AvgIpc) is 2.44. The van der Waals surface area contributed by atoms with E-state index in [1.165, 1.54) is 19.3 Å². The van der Waals surface area contributed by atoms with Crippen molar-refractivity contribution in [2.24, 2.45) is 11.7 Å². The van der Waals surface area contributed by atoms with Crippen LogP contribution in [0, 0.1) is 5.92 Å². The van der Waals surface area contributed by atoms with E-state index in [9.17, 15) is 5.11 Å². The van der Waals surface area contributed by atoms with E-state index in [0.29, 0.717) is 13.0 Å². The van der Waals surface area contributed by atoms with E-state index in [2.05, 4.69) is 25.2 Å². The lowest BCUT2D eigenvalue weighted by Gasteiger charge is -2.17. The van der Waals surface area contributed by atoms with Crippen molar-refractivity contribution in [1.29, 1.82) is 0 Å². The third-order valence-corrected chi connectivity index (χ3v) is 3.58. The fourth-order valence-electron chi connectivity index (χ4n) is 2.30. The zero-order chi connectivity index (χ0) is 14.1. The second-order valence-electron chi connectivity index (χ2n) is 5.16. The SMILES string of the molecule is CCCC(CC)CNc1cccc(C(O)CCN)c1. The van der Waals surface area contributed by atoms with Crippen molar-refractivity contribution in [3.63, 3.8) is 0 Å². The minimum Gasteiger partial charge on any atom is -0.388 e. The molecule has 0 aliphatic rings. The summed E-state index contributed by atoms with van der Waals surface area (Å²) in [6.07, 6.45) is 3.85. The Hall–Kier alpha value is -1.06. The summed E-state index contributed by atoms with van der Waals surface area (Å²) in [5, 5.41) is 13.4. The first-order valence-electron chi connectivity index (χ1n) is 7.43. The van der Waals surface area contributed by atoms with Gasteiger partial charge < -0.3 is 16.2 Å². The van der Waals surface area contributed by atoms with Crippen LogP contribution >= 0.6 is 0 Å². The molecule has 1 aromatic rings. The molecule has 19 heavy (non-hydrogen) atoms. The zero-order valence-electron chi connectivity index (χ0n) is 12.2. The van der Waals surface area contributed by atoms with Crippen LogP contribution < -0.4 is 11.1 Å². The number of rotatable bonds is 9. The Kier molecular flexibility index (Phi) is 7.53. The molecule has 0 radical (unpaired) electrons. The fourth-order valence-corrected chi connectivity index (χ4v) is 2.30. The second-order valence-corrected chi connectivity index (χ2v) is 5.16.